The average molecular weight is 341 g/mol. The first-order valence-electron chi connectivity index (χ1n) is 6.67. The molecule has 0 aromatic heterocycles. The fourth-order valence-electron chi connectivity index (χ4n) is 2.48. The number of hydrogen-bond donors (Lipinski definition) is 1. The summed E-state index contributed by atoms with van der Waals surface area (Å²) in [4.78, 5) is 23.0. The van der Waals surface area contributed by atoms with Crippen molar-refractivity contribution in [3.05, 3.63) is 39.4 Å². The van der Waals surface area contributed by atoms with Gasteiger partial charge in [0, 0.05) is 28.6 Å². The molecule has 1 aromatic carbocycles. The first-order valence-corrected chi connectivity index (χ1v) is 7.59. The highest BCUT2D eigenvalue weighted by Crippen LogP contribution is 2.25. The van der Waals surface area contributed by atoms with Gasteiger partial charge in [0.25, 0.3) is 11.6 Å². The summed E-state index contributed by atoms with van der Waals surface area (Å²) >= 11 is 3.58. The zero-order valence-corrected chi connectivity index (χ0v) is 12.9. The van der Waals surface area contributed by atoms with Gasteiger partial charge in [-0.05, 0) is 44.2 Å². The highest BCUT2D eigenvalue weighted by Gasteiger charge is 2.22. The predicted molar refractivity (Wildman–Crippen MR) is 80.3 cm³/mol. The smallest absolute Gasteiger partial charge is 0.269 e. The van der Waals surface area contributed by atoms with E-state index in [9.17, 15) is 14.9 Å². The van der Waals surface area contributed by atoms with E-state index in [1.165, 1.54) is 18.2 Å². The van der Waals surface area contributed by atoms with Gasteiger partial charge in [-0.15, -0.1) is 0 Å². The molecule has 20 heavy (non-hydrogen) atoms. The van der Waals surface area contributed by atoms with Crippen molar-refractivity contribution < 1.29 is 9.72 Å². The number of nitrogens with zero attached hydrogens (tertiary/aromatic N) is 1. The maximum absolute atomic E-state index is 12.2. The standard InChI is InChI=1S/C14H17BrN2O3/c1-9-8-12(17(19)20)6-7-13(9)14(18)16-11-4-2-10(15)3-5-11/h6-8,10-11H,2-5H2,1H3,(H,16,18). The lowest BCUT2D eigenvalue weighted by Gasteiger charge is -2.26. The molecular weight excluding hydrogens is 324 g/mol. The summed E-state index contributed by atoms with van der Waals surface area (Å²) in [6, 6.07) is 4.53. The maximum atomic E-state index is 12.2. The molecule has 6 heteroatoms. The number of amides is 1. The van der Waals surface area contributed by atoms with Crippen molar-refractivity contribution in [3.8, 4) is 0 Å². The molecule has 0 aliphatic heterocycles. The number of carbonyl (C=O) groups is 1. The molecular formula is C14H17BrN2O3. The van der Waals surface area contributed by atoms with Crippen LogP contribution in [0.5, 0.6) is 0 Å². The van der Waals surface area contributed by atoms with E-state index in [0.717, 1.165) is 25.7 Å². The van der Waals surface area contributed by atoms with E-state index in [4.69, 9.17) is 0 Å². The number of rotatable bonds is 3. The third-order valence-corrected chi connectivity index (χ3v) is 4.57. The minimum atomic E-state index is -0.452. The number of aryl methyl sites for hydroxylation is 1. The van der Waals surface area contributed by atoms with Crippen LogP contribution in [0.3, 0.4) is 0 Å². The molecule has 1 fully saturated rings. The normalized spacial score (nSPS) is 22.3. The van der Waals surface area contributed by atoms with E-state index in [2.05, 4.69) is 21.2 Å². The minimum absolute atomic E-state index is 0.0128. The zero-order valence-electron chi connectivity index (χ0n) is 11.3. The SMILES string of the molecule is Cc1cc([N+](=O)[O-])ccc1C(=O)NC1CCC(Br)CC1. The fraction of sp³-hybridized carbons (Fsp3) is 0.500. The highest BCUT2D eigenvalue weighted by atomic mass is 79.9. The molecule has 0 saturated heterocycles. The lowest BCUT2D eigenvalue weighted by molar-refractivity contribution is -0.384. The first-order chi connectivity index (χ1) is 9.47. The number of hydrogen-bond acceptors (Lipinski definition) is 3. The zero-order chi connectivity index (χ0) is 14.7. The predicted octanol–water partition coefficient (Wildman–Crippen LogP) is 3.34. The summed E-state index contributed by atoms with van der Waals surface area (Å²) in [5, 5.41) is 13.7. The van der Waals surface area contributed by atoms with Gasteiger partial charge >= 0.3 is 0 Å². The Kier molecular flexibility index (Phi) is 4.75. The summed E-state index contributed by atoms with van der Waals surface area (Å²) in [5.41, 5.74) is 1.15. The largest absolute Gasteiger partial charge is 0.349 e. The van der Waals surface area contributed by atoms with Crippen molar-refractivity contribution in [1.29, 1.82) is 0 Å². The fourth-order valence-corrected chi connectivity index (χ4v) is 3.01. The Bertz CT molecular complexity index is 525. The van der Waals surface area contributed by atoms with E-state index in [0.29, 0.717) is 16.0 Å². The van der Waals surface area contributed by atoms with E-state index in [-0.39, 0.29) is 17.6 Å². The Morgan fingerprint density at radius 1 is 1.35 bits per heavy atom. The van der Waals surface area contributed by atoms with Crippen LogP contribution in [0.2, 0.25) is 0 Å². The number of non-ortho nitro benzene ring substituents is 1. The van der Waals surface area contributed by atoms with Crippen LogP contribution in [0.25, 0.3) is 0 Å². The number of benzene rings is 1. The van der Waals surface area contributed by atoms with Crippen LogP contribution < -0.4 is 5.32 Å². The van der Waals surface area contributed by atoms with Crippen LogP contribution in [0, 0.1) is 17.0 Å². The van der Waals surface area contributed by atoms with E-state index >= 15 is 0 Å². The van der Waals surface area contributed by atoms with Gasteiger partial charge < -0.3 is 5.32 Å². The van der Waals surface area contributed by atoms with Crippen LogP contribution in [0.15, 0.2) is 18.2 Å². The molecule has 0 atom stereocenters. The molecule has 1 aliphatic rings. The number of nitrogens with one attached hydrogen (secondary N) is 1. The number of carbonyl (C=O) groups excluding carboxylic acids is 1. The molecule has 2 rings (SSSR count). The van der Waals surface area contributed by atoms with Gasteiger partial charge in [-0.3, -0.25) is 14.9 Å². The summed E-state index contributed by atoms with van der Waals surface area (Å²) < 4.78 is 0. The number of nitro groups is 1. The second kappa shape index (κ2) is 6.35. The number of halogens is 1. The Labute approximate surface area is 126 Å². The number of nitro benzene ring substituents is 1. The van der Waals surface area contributed by atoms with E-state index in [1.54, 1.807) is 6.92 Å². The van der Waals surface area contributed by atoms with Gasteiger partial charge in [0.05, 0.1) is 4.92 Å². The van der Waals surface area contributed by atoms with Gasteiger partial charge in [-0.25, -0.2) is 0 Å². The highest BCUT2D eigenvalue weighted by molar-refractivity contribution is 9.09. The molecule has 0 radical (unpaired) electrons. The van der Waals surface area contributed by atoms with Gasteiger partial charge in [0.1, 0.15) is 0 Å². The molecule has 1 aliphatic carbocycles. The van der Waals surface area contributed by atoms with Crippen molar-refractivity contribution in [1.82, 2.24) is 5.32 Å². The molecule has 0 unspecified atom stereocenters. The number of alkyl halides is 1. The molecule has 0 bridgehead atoms. The maximum Gasteiger partial charge on any atom is 0.269 e. The van der Waals surface area contributed by atoms with Crippen molar-refractivity contribution >= 4 is 27.5 Å². The topological polar surface area (TPSA) is 72.2 Å². The molecule has 108 valence electrons. The average Bonchev–Trinajstić information content (AvgIpc) is 2.41. The molecule has 0 heterocycles. The summed E-state index contributed by atoms with van der Waals surface area (Å²) in [6.07, 6.45) is 4.05. The van der Waals surface area contributed by atoms with Gasteiger partial charge in [0.2, 0.25) is 0 Å². The molecule has 1 N–H and O–H groups in total. The third kappa shape index (κ3) is 3.56. The second-order valence-corrected chi connectivity index (χ2v) is 6.47. The Hall–Kier alpha value is -1.43. The van der Waals surface area contributed by atoms with Gasteiger partial charge in [-0.2, -0.15) is 0 Å². The van der Waals surface area contributed by atoms with Crippen LogP contribution in [0.4, 0.5) is 5.69 Å². The molecule has 0 spiro atoms. The summed E-state index contributed by atoms with van der Waals surface area (Å²) in [6.45, 7) is 1.72. The first kappa shape index (κ1) is 15.0. The van der Waals surface area contributed by atoms with Crippen LogP contribution in [0.1, 0.15) is 41.6 Å². The molecule has 1 aromatic rings. The van der Waals surface area contributed by atoms with Gasteiger partial charge in [-0.1, -0.05) is 15.9 Å². The summed E-state index contributed by atoms with van der Waals surface area (Å²) in [5.74, 6) is -0.143. The Morgan fingerprint density at radius 3 is 2.55 bits per heavy atom. The quantitative estimate of drug-likeness (QED) is 0.521. The Balaban J connectivity index is 2.04. The third-order valence-electron chi connectivity index (χ3n) is 3.66. The van der Waals surface area contributed by atoms with E-state index < -0.39 is 4.92 Å². The van der Waals surface area contributed by atoms with Crippen molar-refractivity contribution in [2.24, 2.45) is 0 Å². The van der Waals surface area contributed by atoms with Crippen LogP contribution >= 0.6 is 15.9 Å². The van der Waals surface area contributed by atoms with Crippen LogP contribution in [-0.4, -0.2) is 21.7 Å². The van der Waals surface area contributed by atoms with Crippen molar-refractivity contribution in [3.63, 3.8) is 0 Å². The molecule has 1 saturated carbocycles. The minimum Gasteiger partial charge on any atom is -0.349 e. The van der Waals surface area contributed by atoms with Crippen molar-refractivity contribution in [2.75, 3.05) is 0 Å². The summed E-state index contributed by atoms with van der Waals surface area (Å²) in [7, 11) is 0. The van der Waals surface area contributed by atoms with Crippen molar-refractivity contribution in [2.45, 2.75) is 43.5 Å². The lowest BCUT2D eigenvalue weighted by atomic mass is 9.95. The second-order valence-electron chi connectivity index (χ2n) is 5.18. The Morgan fingerprint density at radius 2 is 2.00 bits per heavy atom. The molecule has 1 amide bonds. The van der Waals surface area contributed by atoms with Gasteiger partial charge in [0.15, 0.2) is 0 Å². The monoisotopic (exact) mass is 340 g/mol. The van der Waals surface area contributed by atoms with E-state index in [1.807, 2.05) is 0 Å². The lowest BCUT2D eigenvalue weighted by Crippen LogP contribution is -2.38. The van der Waals surface area contributed by atoms with Crippen LogP contribution in [-0.2, 0) is 0 Å². The molecule has 5 nitrogen and oxygen atoms in total.